The van der Waals surface area contributed by atoms with Crippen molar-refractivity contribution in [3.05, 3.63) is 0 Å². The molecule has 0 aromatic carbocycles. The van der Waals surface area contributed by atoms with Gasteiger partial charge in [0.05, 0.1) is 5.60 Å². The molecule has 0 unspecified atom stereocenters. The molecule has 2 fully saturated rings. The minimum absolute atomic E-state index is 0.199. The van der Waals surface area contributed by atoms with Gasteiger partial charge in [-0.05, 0) is 37.5 Å². The van der Waals surface area contributed by atoms with Crippen molar-refractivity contribution in [1.29, 1.82) is 0 Å². The first-order chi connectivity index (χ1) is 6.44. The molecule has 1 N–H and O–H groups in total. The van der Waals surface area contributed by atoms with Crippen molar-refractivity contribution < 1.29 is 9.90 Å². The van der Waals surface area contributed by atoms with E-state index in [2.05, 4.69) is 6.92 Å². The van der Waals surface area contributed by atoms with Crippen molar-refractivity contribution in [2.75, 3.05) is 0 Å². The van der Waals surface area contributed by atoms with Crippen LogP contribution in [0.1, 0.15) is 52.4 Å². The summed E-state index contributed by atoms with van der Waals surface area (Å²) in [6.07, 6.45) is 5.45. The van der Waals surface area contributed by atoms with Crippen molar-refractivity contribution in [1.82, 2.24) is 0 Å². The van der Waals surface area contributed by atoms with Gasteiger partial charge in [0.1, 0.15) is 5.78 Å². The molecule has 2 aliphatic rings. The van der Waals surface area contributed by atoms with E-state index in [0.717, 1.165) is 25.7 Å². The van der Waals surface area contributed by atoms with Crippen LogP contribution in [0.5, 0.6) is 0 Å². The van der Waals surface area contributed by atoms with E-state index < -0.39 is 5.60 Å². The molecule has 0 aliphatic heterocycles. The maximum Gasteiger partial charge on any atom is 0.133 e. The Morgan fingerprint density at radius 3 is 2.71 bits per heavy atom. The highest BCUT2D eigenvalue weighted by Gasteiger charge is 2.50. The Labute approximate surface area is 85.7 Å². The van der Waals surface area contributed by atoms with Gasteiger partial charge in [0.2, 0.25) is 0 Å². The van der Waals surface area contributed by atoms with Crippen LogP contribution in [0.25, 0.3) is 0 Å². The zero-order valence-electron chi connectivity index (χ0n) is 9.18. The van der Waals surface area contributed by atoms with Crippen LogP contribution < -0.4 is 0 Å². The third-order valence-corrected chi connectivity index (χ3v) is 4.43. The van der Waals surface area contributed by atoms with Crippen LogP contribution in [0.4, 0.5) is 0 Å². The summed E-state index contributed by atoms with van der Waals surface area (Å²) in [5.74, 6) is 0.541. The predicted molar refractivity (Wildman–Crippen MR) is 54.9 cm³/mol. The van der Waals surface area contributed by atoms with E-state index in [4.69, 9.17) is 0 Å². The van der Waals surface area contributed by atoms with Crippen LogP contribution in [0.2, 0.25) is 0 Å². The highest BCUT2D eigenvalue weighted by molar-refractivity contribution is 5.79. The Hall–Kier alpha value is -0.370. The van der Waals surface area contributed by atoms with Gasteiger partial charge in [0, 0.05) is 12.8 Å². The van der Waals surface area contributed by atoms with E-state index in [0.29, 0.717) is 12.2 Å². The van der Waals surface area contributed by atoms with Gasteiger partial charge >= 0.3 is 0 Å². The molecule has 0 spiro atoms. The summed E-state index contributed by atoms with van der Waals surface area (Å²) in [6, 6.07) is 0. The van der Waals surface area contributed by atoms with E-state index in [1.165, 1.54) is 6.42 Å². The van der Waals surface area contributed by atoms with Crippen LogP contribution in [-0.4, -0.2) is 16.5 Å². The van der Waals surface area contributed by atoms with Gasteiger partial charge in [0.25, 0.3) is 0 Å². The summed E-state index contributed by atoms with van der Waals surface area (Å²) in [5, 5.41) is 10.3. The van der Waals surface area contributed by atoms with Crippen LogP contribution >= 0.6 is 0 Å². The number of rotatable bonds is 0. The fourth-order valence-electron chi connectivity index (χ4n) is 3.47. The molecule has 2 heteroatoms. The zero-order chi connectivity index (χ0) is 10.4. The Morgan fingerprint density at radius 1 is 1.29 bits per heavy atom. The van der Waals surface area contributed by atoms with E-state index in [1.807, 2.05) is 6.92 Å². The zero-order valence-corrected chi connectivity index (χ0v) is 9.18. The molecule has 0 radical (unpaired) electrons. The lowest BCUT2D eigenvalue weighted by atomic mass is 9.55. The summed E-state index contributed by atoms with van der Waals surface area (Å²) >= 11 is 0. The van der Waals surface area contributed by atoms with Crippen LogP contribution in [-0.2, 0) is 4.79 Å². The smallest absolute Gasteiger partial charge is 0.133 e. The van der Waals surface area contributed by atoms with Crippen LogP contribution in [0, 0.1) is 11.3 Å². The minimum atomic E-state index is -0.608. The lowest BCUT2D eigenvalue weighted by Crippen LogP contribution is -2.51. The average Bonchev–Trinajstić information content (AvgIpc) is 2.08. The van der Waals surface area contributed by atoms with Crippen LogP contribution in [0.15, 0.2) is 0 Å². The molecule has 0 amide bonds. The largest absolute Gasteiger partial charge is 0.390 e. The summed E-state index contributed by atoms with van der Waals surface area (Å²) in [6.45, 7) is 4.16. The molecule has 0 aromatic heterocycles. The summed E-state index contributed by atoms with van der Waals surface area (Å²) in [7, 11) is 0. The van der Waals surface area contributed by atoms with E-state index in [9.17, 15) is 9.90 Å². The van der Waals surface area contributed by atoms with Crippen molar-refractivity contribution in [2.45, 2.75) is 58.0 Å². The maximum absolute atomic E-state index is 11.4. The monoisotopic (exact) mass is 196 g/mol. The normalized spacial score (nSPS) is 48.8. The molecule has 0 heterocycles. The molecule has 80 valence electrons. The Bertz CT molecular complexity index is 257. The van der Waals surface area contributed by atoms with Crippen molar-refractivity contribution >= 4 is 5.78 Å². The van der Waals surface area contributed by atoms with Gasteiger partial charge in [-0.25, -0.2) is 0 Å². The molecular formula is C12H20O2. The molecule has 2 aliphatic carbocycles. The van der Waals surface area contributed by atoms with Crippen molar-refractivity contribution in [3.8, 4) is 0 Å². The van der Waals surface area contributed by atoms with E-state index in [-0.39, 0.29) is 11.3 Å². The number of carbonyl (C=O) groups is 1. The predicted octanol–water partition coefficient (Wildman–Crippen LogP) is 2.30. The molecule has 2 nitrogen and oxygen atoms in total. The quantitative estimate of drug-likeness (QED) is 0.645. The minimum Gasteiger partial charge on any atom is -0.390 e. The Morgan fingerprint density at radius 2 is 2.00 bits per heavy atom. The topological polar surface area (TPSA) is 37.3 Å². The van der Waals surface area contributed by atoms with Gasteiger partial charge in [-0.1, -0.05) is 13.3 Å². The van der Waals surface area contributed by atoms with Gasteiger partial charge in [-0.15, -0.1) is 0 Å². The number of hydrogen-bond donors (Lipinski definition) is 1. The molecule has 2 saturated carbocycles. The standard InChI is InChI=1S/C12H20O2/c1-11-5-3-6-12(2,14)10(11)8-9(13)4-7-11/h10,14H,3-8H2,1-2H3/t10-,11-,12+/m1/s1. The van der Waals surface area contributed by atoms with Gasteiger partial charge < -0.3 is 5.11 Å². The fourth-order valence-corrected chi connectivity index (χ4v) is 3.47. The number of fused-ring (bicyclic) bond motifs is 1. The first kappa shape index (κ1) is 10.2. The molecule has 2 rings (SSSR count). The summed E-state index contributed by atoms with van der Waals surface area (Å²) < 4.78 is 0. The first-order valence-corrected chi connectivity index (χ1v) is 5.68. The third-order valence-electron chi connectivity index (χ3n) is 4.43. The lowest BCUT2D eigenvalue weighted by molar-refractivity contribution is -0.143. The fraction of sp³-hybridized carbons (Fsp3) is 0.917. The average molecular weight is 196 g/mol. The highest BCUT2D eigenvalue weighted by Crippen LogP contribution is 2.53. The summed E-state index contributed by atoms with van der Waals surface area (Å²) in [5.41, 5.74) is -0.390. The van der Waals surface area contributed by atoms with E-state index in [1.54, 1.807) is 0 Å². The second kappa shape index (κ2) is 3.06. The van der Waals surface area contributed by atoms with Crippen molar-refractivity contribution in [3.63, 3.8) is 0 Å². The molecule has 0 aromatic rings. The SMILES string of the molecule is C[C@]12CCC[C@](C)(O)[C@@H]1CC(=O)CC2. The molecule has 14 heavy (non-hydrogen) atoms. The van der Waals surface area contributed by atoms with E-state index >= 15 is 0 Å². The maximum atomic E-state index is 11.4. The third kappa shape index (κ3) is 1.50. The summed E-state index contributed by atoms with van der Waals surface area (Å²) in [4.78, 5) is 11.4. The highest BCUT2D eigenvalue weighted by atomic mass is 16.3. The Balaban J connectivity index is 2.26. The molecule has 0 bridgehead atoms. The van der Waals surface area contributed by atoms with Crippen molar-refractivity contribution in [2.24, 2.45) is 11.3 Å². The number of carbonyl (C=O) groups excluding carboxylic acids is 1. The van der Waals surface area contributed by atoms with Gasteiger partial charge in [-0.3, -0.25) is 4.79 Å². The Kier molecular flexibility index (Phi) is 2.22. The number of Topliss-reactive ketones (excluding diaryl/α,β-unsaturated/α-hetero) is 1. The molecule has 3 atom stereocenters. The molecular weight excluding hydrogens is 176 g/mol. The number of ketones is 1. The first-order valence-electron chi connectivity index (χ1n) is 5.68. The number of hydrogen-bond acceptors (Lipinski definition) is 2. The van der Waals surface area contributed by atoms with Crippen LogP contribution in [0.3, 0.4) is 0 Å². The second-order valence-electron chi connectivity index (χ2n) is 5.66. The molecule has 0 saturated heterocycles. The van der Waals surface area contributed by atoms with Gasteiger partial charge in [-0.2, -0.15) is 0 Å². The van der Waals surface area contributed by atoms with Gasteiger partial charge in [0.15, 0.2) is 0 Å². The number of aliphatic hydroxyl groups is 1. The lowest BCUT2D eigenvalue weighted by Gasteiger charge is -2.51. The second-order valence-corrected chi connectivity index (χ2v) is 5.66.